The first-order valence-corrected chi connectivity index (χ1v) is 14.5. The van der Waals surface area contributed by atoms with Crippen LogP contribution in [0.1, 0.15) is 80.2 Å². The Morgan fingerprint density at radius 2 is 1.87 bits per heavy atom. The Balaban J connectivity index is 1.26. The van der Waals surface area contributed by atoms with E-state index in [1.807, 2.05) is 0 Å². The largest absolute Gasteiger partial charge is 0.586 e. The molecular formula is C30H29F6N3O6. The third-order valence-corrected chi connectivity index (χ3v) is 8.45. The molecular weight excluding hydrogens is 612 g/mol. The van der Waals surface area contributed by atoms with Gasteiger partial charge in [0.15, 0.2) is 22.9 Å². The first-order valence-electron chi connectivity index (χ1n) is 14.5. The Morgan fingerprint density at radius 1 is 1.13 bits per heavy atom. The second-order valence-corrected chi connectivity index (χ2v) is 11.5. The minimum absolute atomic E-state index is 0.00754. The summed E-state index contributed by atoms with van der Waals surface area (Å²) in [6.07, 6.45) is -5.92. The molecule has 1 N–H and O–H groups in total. The normalized spacial score (nSPS) is 23.0. The number of aromatic nitrogens is 3. The number of aliphatic carboxylic acids is 1. The summed E-state index contributed by atoms with van der Waals surface area (Å²) in [7, 11) is 0. The van der Waals surface area contributed by atoms with E-state index in [-0.39, 0.29) is 47.4 Å². The van der Waals surface area contributed by atoms with Crippen LogP contribution < -0.4 is 14.2 Å². The molecule has 2 atom stereocenters. The van der Waals surface area contributed by atoms with Gasteiger partial charge in [-0.25, -0.2) is 9.67 Å². The van der Waals surface area contributed by atoms with Crippen LogP contribution in [0.2, 0.25) is 0 Å². The highest BCUT2D eigenvalue weighted by Crippen LogP contribution is 2.44. The SMILES string of the molecule is C[C@H](Oc1cc(-n2nc(C(F)(F)F)c3c2[C@@H](OCC2CCC(C(=O)O)CC2)CCC3)cnc1F)c1ccc2c(c1)OC(F)(F)O2. The van der Waals surface area contributed by atoms with Crippen LogP contribution in [0, 0.1) is 17.8 Å². The van der Waals surface area contributed by atoms with Gasteiger partial charge in [-0.05, 0) is 75.5 Å². The number of carbonyl (C=O) groups is 1. The van der Waals surface area contributed by atoms with Crippen molar-refractivity contribution in [3.63, 3.8) is 0 Å². The Morgan fingerprint density at radius 3 is 2.58 bits per heavy atom. The summed E-state index contributed by atoms with van der Waals surface area (Å²) < 4.78 is 106. The molecule has 9 nitrogen and oxygen atoms in total. The topological polar surface area (TPSA) is 105 Å². The van der Waals surface area contributed by atoms with E-state index in [2.05, 4.69) is 19.6 Å². The van der Waals surface area contributed by atoms with E-state index in [0.717, 1.165) is 10.9 Å². The molecule has 1 fully saturated rings. The van der Waals surface area contributed by atoms with Gasteiger partial charge in [0.25, 0.3) is 5.95 Å². The smallest absolute Gasteiger partial charge is 0.481 e. The quantitative estimate of drug-likeness (QED) is 0.204. The monoisotopic (exact) mass is 641 g/mol. The molecule has 0 bridgehead atoms. The van der Waals surface area contributed by atoms with Crippen LogP contribution in [0.25, 0.3) is 5.69 Å². The highest BCUT2D eigenvalue weighted by Gasteiger charge is 2.44. The van der Waals surface area contributed by atoms with Gasteiger partial charge in [-0.1, -0.05) is 6.07 Å². The molecule has 1 saturated carbocycles. The van der Waals surface area contributed by atoms with Gasteiger partial charge in [0, 0.05) is 11.6 Å². The minimum Gasteiger partial charge on any atom is -0.481 e. The van der Waals surface area contributed by atoms with Crippen LogP contribution in [-0.4, -0.2) is 38.7 Å². The van der Waals surface area contributed by atoms with E-state index in [1.54, 1.807) is 0 Å². The molecule has 3 aliphatic rings. The van der Waals surface area contributed by atoms with E-state index in [9.17, 15) is 36.2 Å². The van der Waals surface area contributed by atoms with Crippen molar-refractivity contribution < 1.29 is 55.2 Å². The van der Waals surface area contributed by atoms with Crippen molar-refractivity contribution in [2.45, 2.75) is 76.5 Å². The zero-order valence-electron chi connectivity index (χ0n) is 24.0. The number of rotatable bonds is 8. The van der Waals surface area contributed by atoms with Crippen LogP contribution >= 0.6 is 0 Å². The summed E-state index contributed by atoms with van der Waals surface area (Å²) in [5.74, 6) is -3.02. The third kappa shape index (κ3) is 6.40. The molecule has 0 spiro atoms. The highest BCUT2D eigenvalue weighted by atomic mass is 19.4. The summed E-state index contributed by atoms with van der Waals surface area (Å²) >= 11 is 0. The number of hydrogen-bond donors (Lipinski definition) is 1. The van der Waals surface area contributed by atoms with Crippen molar-refractivity contribution in [2.75, 3.05) is 6.61 Å². The molecule has 1 aromatic carbocycles. The van der Waals surface area contributed by atoms with Gasteiger partial charge in [0.05, 0.1) is 36.2 Å². The van der Waals surface area contributed by atoms with Crippen LogP contribution in [0.3, 0.4) is 0 Å². The van der Waals surface area contributed by atoms with Crippen molar-refractivity contribution in [3.05, 3.63) is 58.9 Å². The first kappa shape index (κ1) is 31.0. The molecule has 0 saturated heterocycles. The van der Waals surface area contributed by atoms with E-state index in [4.69, 9.17) is 9.47 Å². The lowest BCUT2D eigenvalue weighted by Gasteiger charge is -2.30. The van der Waals surface area contributed by atoms with E-state index in [1.165, 1.54) is 31.2 Å². The number of ether oxygens (including phenoxy) is 4. The first-order chi connectivity index (χ1) is 21.3. The molecule has 0 unspecified atom stereocenters. The molecule has 3 heterocycles. The standard InChI is InChI=1S/C30H29F6N3O6/c1-15(18-9-10-21-23(11-18)45-30(35,36)44-21)43-24-12-19(13-37-27(24)31)39-25-20(26(38-39)29(32,33)34)3-2-4-22(25)42-14-16-5-7-17(8-6-16)28(40)41/h9-13,15-17,22H,2-8,14H2,1H3,(H,40,41)/t15-,16?,17?,22-/m0/s1. The molecule has 45 heavy (non-hydrogen) atoms. The molecule has 0 radical (unpaired) electrons. The third-order valence-electron chi connectivity index (χ3n) is 8.45. The van der Waals surface area contributed by atoms with Crippen LogP contribution in [0.4, 0.5) is 26.3 Å². The fraction of sp³-hybridized carbons (Fsp3) is 0.500. The number of hydrogen-bond acceptors (Lipinski definition) is 7. The predicted molar refractivity (Wildman–Crippen MR) is 143 cm³/mol. The van der Waals surface area contributed by atoms with Crippen LogP contribution in [-0.2, 0) is 22.1 Å². The van der Waals surface area contributed by atoms with Gasteiger partial charge in [-0.2, -0.15) is 22.7 Å². The summed E-state index contributed by atoms with van der Waals surface area (Å²) in [6.45, 7) is 1.77. The fourth-order valence-corrected chi connectivity index (χ4v) is 6.15. The van der Waals surface area contributed by atoms with Crippen molar-refractivity contribution in [1.29, 1.82) is 0 Å². The second-order valence-electron chi connectivity index (χ2n) is 11.5. The number of carboxylic acids is 1. The zero-order chi connectivity index (χ0) is 32.1. The zero-order valence-corrected chi connectivity index (χ0v) is 24.0. The number of fused-ring (bicyclic) bond motifs is 2. The lowest BCUT2D eigenvalue weighted by molar-refractivity contribution is -0.286. The second kappa shape index (κ2) is 11.7. The van der Waals surface area contributed by atoms with E-state index < -0.39 is 54.0 Å². The number of pyridine rings is 1. The molecule has 6 rings (SSSR count). The predicted octanol–water partition coefficient (Wildman–Crippen LogP) is 7.17. The average molecular weight is 642 g/mol. The maximum atomic E-state index is 14.8. The summed E-state index contributed by atoms with van der Waals surface area (Å²) in [5.41, 5.74) is -0.540. The lowest BCUT2D eigenvalue weighted by Crippen LogP contribution is -2.25. The molecule has 2 aromatic heterocycles. The van der Waals surface area contributed by atoms with Crippen LogP contribution in [0.15, 0.2) is 30.5 Å². The van der Waals surface area contributed by atoms with E-state index in [0.29, 0.717) is 44.1 Å². The van der Waals surface area contributed by atoms with Gasteiger partial charge in [0.1, 0.15) is 6.10 Å². The summed E-state index contributed by atoms with van der Waals surface area (Å²) in [4.78, 5) is 15.0. The Labute approximate surface area is 253 Å². The van der Waals surface area contributed by atoms with Gasteiger partial charge in [0.2, 0.25) is 0 Å². The number of benzene rings is 1. The van der Waals surface area contributed by atoms with E-state index >= 15 is 0 Å². The van der Waals surface area contributed by atoms with Gasteiger partial charge in [-0.3, -0.25) is 4.79 Å². The molecule has 2 aliphatic carbocycles. The maximum absolute atomic E-state index is 14.8. The van der Waals surface area contributed by atoms with Gasteiger partial charge in [-0.15, -0.1) is 8.78 Å². The Kier molecular flexibility index (Phi) is 8.08. The Hall–Kier alpha value is -4.01. The van der Waals surface area contributed by atoms with Crippen molar-refractivity contribution in [2.24, 2.45) is 11.8 Å². The molecule has 1 aliphatic heterocycles. The molecule has 242 valence electrons. The summed E-state index contributed by atoms with van der Waals surface area (Å²) in [6, 6.07) is 5.11. The molecule has 15 heteroatoms. The number of carboxylic acid groups (broad SMARTS) is 1. The van der Waals surface area contributed by atoms with Crippen molar-refractivity contribution in [1.82, 2.24) is 14.8 Å². The fourth-order valence-electron chi connectivity index (χ4n) is 6.15. The van der Waals surface area contributed by atoms with Crippen LogP contribution in [0.5, 0.6) is 17.2 Å². The maximum Gasteiger partial charge on any atom is 0.586 e. The van der Waals surface area contributed by atoms with Crippen molar-refractivity contribution in [3.8, 4) is 22.9 Å². The molecule has 3 aromatic rings. The average Bonchev–Trinajstić information content (AvgIpc) is 3.54. The number of halogens is 6. The highest BCUT2D eigenvalue weighted by molar-refractivity contribution is 5.70. The lowest BCUT2D eigenvalue weighted by atomic mass is 9.82. The summed E-state index contributed by atoms with van der Waals surface area (Å²) in [5, 5.41) is 13.2. The van der Waals surface area contributed by atoms with Crippen molar-refractivity contribution >= 4 is 5.97 Å². The number of nitrogens with zero attached hydrogens (tertiary/aromatic N) is 3. The minimum atomic E-state index is -4.76. The number of alkyl halides is 5. The molecule has 0 amide bonds. The van der Waals surface area contributed by atoms with Gasteiger partial charge < -0.3 is 24.1 Å². The Bertz CT molecular complexity index is 1590. The van der Waals surface area contributed by atoms with Gasteiger partial charge >= 0.3 is 18.4 Å².